The molecule has 1 aromatic carbocycles. The SMILES string of the molecule is CCCCC(CC)CCN(CCC)c1c(F)c(F)c(F)c(F)c1F. The first-order valence-corrected chi connectivity index (χ1v) is 8.65. The topological polar surface area (TPSA) is 3.24 Å². The first-order chi connectivity index (χ1) is 11.4. The number of rotatable bonds is 10. The van der Waals surface area contributed by atoms with Gasteiger partial charge in [-0.05, 0) is 18.8 Å². The molecule has 0 aromatic heterocycles. The Kier molecular flexibility index (Phi) is 8.50. The summed E-state index contributed by atoms with van der Waals surface area (Å²) in [6.45, 7) is 6.44. The molecule has 0 radical (unpaired) electrons. The summed E-state index contributed by atoms with van der Waals surface area (Å²) in [6, 6.07) is 0. The quantitative estimate of drug-likeness (QED) is 0.275. The molecule has 0 aliphatic heterocycles. The van der Waals surface area contributed by atoms with E-state index in [1.165, 1.54) is 4.90 Å². The molecule has 1 aromatic rings. The molecule has 1 nitrogen and oxygen atoms in total. The van der Waals surface area contributed by atoms with Gasteiger partial charge in [0.05, 0.1) is 0 Å². The summed E-state index contributed by atoms with van der Waals surface area (Å²) in [5.74, 6) is -9.00. The van der Waals surface area contributed by atoms with E-state index in [2.05, 4.69) is 6.92 Å². The third kappa shape index (κ3) is 4.84. The van der Waals surface area contributed by atoms with Gasteiger partial charge in [-0.25, -0.2) is 22.0 Å². The van der Waals surface area contributed by atoms with Crippen molar-refractivity contribution in [2.45, 2.75) is 59.3 Å². The molecular formula is C18H26F5N. The normalized spacial score (nSPS) is 12.5. The maximum absolute atomic E-state index is 14.0. The first-order valence-electron chi connectivity index (χ1n) is 8.65. The van der Waals surface area contributed by atoms with E-state index in [-0.39, 0.29) is 13.1 Å². The fourth-order valence-corrected chi connectivity index (χ4v) is 2.86. The summed E-state index contributed by atoms with van der Waals surface area (Å²) < 4.78 is 68.1. The molecule has 0 amide bonds. The molecule has 0 saturated carbocycles. The third-order valence-electron chi connectivity index (χ3n) is 4.35. The molecular weight excluding hydrogens is 325 g/mol. The summed E-state index contributed by atoms with van der Waals surface area (Å²) in [5, 5.41) is 0. The van der Waals surface area contributed by atoms with E-state index in [4.69, 9.17) is 0 Å². The van der Waals surface area contributed by atoms with Crippen LogP contribution < -0.4 is 4.90 Å². The Morgan fingerprint density at radius 3 is 1.71 bits per heavy atom. The van der Waals surface area contributed by atoms with Gasteiger partial charge in [0, 0.05) is 13.1 Å². The predicted octanol–water partition coefficient (Wildman–Crippen LogP) is 6.21. The van der Waals surface area contributed by atoms with Crippen molar-refractivity contribution in [1.82, 2.24) is 0 Å². The van der Waals surface area contributed by atoms with Crippen LogP contribution in [0.2, 0.25) is 0 Å². The van der Waals surface area contributed by atoms with Crippen molar-refractivity contribution >= 4 is 5.69 Å². The van der Waals surface area contributed by atoms with Crippen LogP contribution in [-0.4, -0.2) is 13.1 Å². The highest BCUT2D eigenvalue weighted by molar-refractivity contribution is 5.50. The Morgan fingerprint density at radius 1 is 0.708 bits per heavy atom. The zero-order chi connectivity index (χ0) is 18.3. The summed E-state index contributed by atoms with van der Waals surface area (Å²) >= 11 is 0. The highest BCUT2D eigenvalue weighted by Crippen LogP contribution is 2.31. The van der Waals surface area contributed by atoms with Gasteiger partial charge >= 0.3 is 0 Å². The molecule has 0 aliphatic rings. The maximum Gasteiger partial charge on any atom is 0.200 e. The van der Waals surface area contributed by atoms with Gasteiger partial charge in [0.15, 0.2) is 23.3 Å². The second kappa shape index (κ2) is 9.84. The zero-order valence-electron chi connectivity index (χ0n) is 14.6. The van der Waals surface area contributed by atoms with Crippen molar-refractivity contribution in [1.29, 1.82) is 0 Å². The number of hydrogen-bond acceptors (Lipinski definition) is 1. The van der Waals surface area contributed by atoms with E-state index in [1.807, 2.05) is 6.92 Å². The number of hydrogen-bond donors (Lipinski definition) is 0. The van der Waals surface area contributed by atoms with Gasteiger partial charge in [-0.15, -0.1) is 0 Å². The van der Waals surface area contributed by atoms with Crippen molar-refractivity contribution in [2.75, 3.05) is 18.0 Å². The van der Waals surface area contributed by atoms with Gasteiger partial charge in [0.25, 0.3) is 0 Å². The Labute approximate surface area is 140 Å². The summed E-state index contributed by atoms with van der Waals surface area (Å²) in [7, 11) is 0. The molecule has 1 unspecified atom stereocenters. The van der Waals surface area contributed by atoms with Crippen molar-refractivity contribution in [3.63, 3.8) is 0 Å². The largest absolute Gasteiger partial charge is 0.367 e. The van der Waals surface area contributed by atoms with Crippen molar-refractivity contribution < 1.29 is 22.0 Å². The molecule has 0 fully saturated rings. The molecule has 1 atom stereocenters. The summed E-state index contributed by atoms with van der Waals surface area (Å²) in [5.41, 5.74) is -0.807. The van der Waals surface area contributed by atoms with Crippen LogP contribution in [0, 0.1) is 35.0 Å². The fourth-order valence-electron chi connectivity index (χ4n) is 2.86. The maximum atomic E-state index is 14.0. The molecule has 0 N–H and O–H groups in total. The lowest BCUT2D eigenvalue weighted by Gasteiger charge is -2.27. The van der Waals surface area contributed by atoms with E-state index in [0.717, 1.165) is 25.7 Å². The minimum atomic E-state index is -2.11. The van der Waals surface area contributed by atoms with Crippen LogP contribution in [0.3, 0.4) is 0 Å². The van der Waals surface area contributed by atoms with Crippen molar-refractivity contribution in [3.05, 3.63) is 29.1 Å². The third-order valence-corrected chi connectivity index (χ3v) is 4.35. The van der Waals surface area contributed by atoms with Gasteiger partial charge in [-0.2, -0.15) is 0 Å². The fraction of sp³-hybridized carbons (Fsp3) is 0.667. The molecule has 1 rings (SSSR count). The van der Waals surface area contributed by atoms with Gasteiger partial charge in [-0.1, -0.05) is 46.5 Å². The van der Waals surface area contributed by atoms with Crippen molar-refractivity contribution in [3.8, 4) is 0 Å². The highest BCUT2D eigenvalue weighted by Gasteiger charge is 2.29. The smallest absolute Gasteiger partial charge is 0.200 e. The number of unbranched alkanes of at least 4 members (excludes halogenated alkanes) is 1. The van der Waals surface area contributed by atoms with Gasteiger partial charge in [0.2, 0.25) is 5.82 Å². The molecule has 0 aliphatic carbocycles. The Bertz CT molecular complexity index is 504. The highest BCUT2D eigenvalue weighted by atomic mass is 19.2. The number of halogens is 5. The summed E-state index contributed by atoms with van der Waals surface area (Å²) in [4.78, 5) is 1.28. The first kappa shape index (κ1) is 20.7. The number of benzene rings is 1. The zero-order valence-corrected chi connectivity index (χ0v) is 14.6. The van der Waals surface area contributed by atoms with Crippen LogP contribution >= 0.6 is 0 Å². The second-order valence-corrected chi connectivity index (χ2v) is 6.11. The summed E-state index contributed by atoms with van der Waals surface area (Å²) in [6.07, 6.45) is 5.27. The monoisotopic (exact) mass is 351 g/mol. The molecule has 0 heterocycles. The van der Waals surface area contributed by atoms with Gasteiger partial charge in [0.1, 0.15) is 5.69 Å². The average molecular weight is 351 g/mol. The second-order valence-electron chi connectivity index (χ2n) is 6.11. The number of anilines is 1. The van der Waals surface area contributed by atoms with Crippen LogP contribution in [0.15, 0.2) is 0 Å². The van der Waals surface area contributed by atoms with Crippen LogP contribution in [-0.2, 0) is 0 Å². The van der Waals surface area contributed by atoms with E-state index >= 15 is 0 Å². The lowest BCUT2D eigenvalue weighted by molar-refractivity contribution is 0.375. The van der Waals surface area contributed by atoms with Gasteiger partial charge < -0.3 is 4.90 Å². The van der Waals surface area contributed by atoms with Crippen LogP contribution in [0.25, 0.3) is 0 Å². The van der Waals surface area contributed by atoms with E-state index in [1.54, 1.807) is 6.92 Å². The van der Waals surface area contributed by atoms with E-state index in [9.17, 15) is 22.0 Å². The van der Waals surface area contributed by atoms with E-state index < -0.39 is 34.8 Å². The van der Waals surface area contributed by atoms with Gasteiger partial charge in [-0.3, -0.25) is 0 Å². The number of nitrogens with zero attached hydrogens (tertiary/aromatic N) is 1. The molecule has 6 heteroatoms. The molecule has 0 bridgehead atoms. The van der Waals surface area contributed by atoms with Crippen LogP contribution in [0.5, 0.6) is 0 Å². The van der Waals surface area contributed by atoms with Crippen LogP contribution in [0.1, 0.15) is 59.3 Å². The molecule has 24 heavy (non-hydrogen) atoms. The Balaban J connectivity index is 3.04. The molecule has 0 spiro atoms. The molecule has 0 saturated heterocycles. The lowest BCUT2D eigenvalue weighted by atomic mass is 9.95. The van der Waals surface area contributed by atoms with Crippen LogP contribution in [0.4, 0.5) is 27.6 Å². The molecule has 138 valence electrons. The van der Waals surface area contributed by atoms with Crippen molar-refractivity contribution in [2.24, 2.45) is 5.92 Å². The Hall–Kier alpha value is -1.33. The Morgan fingerprint density at radius 2 is 1.25 bits per heavy atom. The minimum Gasteiger partial charge on any atom is -0.367 e. The minimum absolute atomic E-state index is 0.239. The predicted molar refractivity (Wildman–Crippen MR) is 86.7 cm³/mol. The lowest BCUT2D eigenvalue weighted by Crippen LogP contribution is -2.30. The van der Waals surface area contributed by atoms with E-state index in [0.29, 0.717) is 18.8 Å². The standard InChI is InChI=1S/C18H26F5N/c1-4-7-8-12(6-3)9-11-24(10-5-2)18-16(22)14(20)13(19)15(21)17(18)23/h12H,4-11H2,1-3H3. The average Bonchev–Trinajstić information content (AvgIpc) is 2.58.